The summed E-state index contributed by atoms with van der Waals surface area (Å²) < 4.78 is 0. The second-order valence-corrected chi connectivity index (χ2v) is 11.7. The normalized spacial score (nSPS) is 9.29. The third-order valence-corrected chi connectivity index (χ3v) is 8.65. The summed E-state index contributed by atoms with van der Waals surface area (Å²) >= 11 is 7.40. The quantitative estimate of drug-likeness (QED) is 0.104. The van der Waals surface area contributed by atoms with Crippen LogP contribution in [0.3, 0.4) is 0 Å². The van der Waals surface area contributed by atoms with Crippen LogP contribution in [-0.2, 0) is 42.0 Å². The van der Waals surface area contributed by atoms with Gasteiger partial charge in [0, 0.05) is 49.6 Å². The van der Waals surface area contributed by atoms with Crippen molar-refractivity contribution in [2.24, 2.45) is 0 Å². The fourth-order valence-corrected chi connectivity index (χ4v) is 5.58. The van der Waals surface area contributed by atoms with Crippen molar-refractivity contribution in [2.45, 2.75) is 130 Å². The molecule has 4 aromatic rings. The van der Waals surface area contributed by atoms with Crippen LogP contribution in [0.4, 0.5) is 0 Å². The molecule has 4 aromatic heterocycles. The number of pyridine rings is 4. The number of nitriles is 2. The van der Waals surface area contributed by atoms with Crippen LogP contribution in [0.1, 0.15) is 153 Å². The van der Waals surface area contributed by atoms with E-state index in [4.69, 9.17) is 10.5 Å². The van der Waals surface area contributed by atoms with Crippen molar-refractivity contribution in [3.05, 3.63) is 120 Å². The average Bonchev–Trinajstić information content (AvgIpc) is 3.17. The van der Waals surface area contributed by atoms with Crippen molar-refractivity contribution >= 4 is 25.3 Å². The van der Waals surface area contributed by atoms with Crippen LogP contribution in [0.25, 0.3) is 0 Å². The minimum Gasteiger partial charge on any atom is -0.696 e. The number of aromatic nitrogens is 4. The van der Waals surface area contributed by atoms with Crippen LogP contribution in [0, 0.1) is 21.3 Å². The van der Waals surface area contributed by atoms with E-state index in [1.807, 2.05) is 49.6 Å². The molecule has 0 N–H and O–H groups in total. The van der Waals surface area contributed by atoms with Crippen LogP contribution < -0.4 is 0 Å². The summed E-state index contributed by atoms with van der Waals surface area (Å²) in [5.74, 6) is 2.88. The molecule has 0 aliphatic heterocycles. The first-order valence-corrected chi connectivity index (χ1v) is 18.8. The summed E-state index contributed by atoms with van der Waals surface area (Å²) in [7, 11) is 0. The fraction of sp³-hybridized carbons (Fsp3) is 0.476. The van der Waals surface area contributed by atoms with E-state index in [0.29, 0.717) is 0 Å². The van der Waals surface area contributed by atoms with E-state index in [0.717, 1.165) is 23.7 Å². The molecule has 0 aromatic carbocycles. The average molecular weight is 772 g/mol. The minimum absolute atomic E-state index is 0. The second-order valence-electron chi connectivity index (χ2n) is 11.4. The third kappa shape index (κ3) is 25.2. The Balaban J connectivity index is -0.000000568. The topological polar surface area (TPSA) is 99.1 Å². The molecular formula is C42H60CoN6S2. The van der Waals surface area contributed by atoms with Gasteiger partial charge in [0.2, 0.25) is 0 Å². The SMILES string of the molecule is CCC(CC)c1ccncc1.CCC(CC)c1ccncc1.CCC(CC)c1ccncc1.CCC(CC)c1ccncc1.N#C[S-].N#C[S-].[Co+2]. The minimum atomic E-state index is 0. The van der Waals surface area contributed by atoms with Crippen LogP contribution in [0.2, 0.25) is 0 Å². The Kier molecular flexibility index (Phi) is 38.4. The Bertz CT molecular complexity index is 1140. The zero-order valence-electron chi connectivity index (χ0n) is 32.0. The van der Waals surface area contributed by atoms with Gasteiger partial charge in [0.1, 0.15) is 0 Å². The van der Waals surface area contributed by atoms with Crippen molar-refractivity contribution in [3.8, 4) is 10.8 Å². The molecule has 0 amide bonds. The third-order valence-electron chi connectivity index (χ3n) is 8.65. The van der Waals surface area contributed by atoms with Gasteiger partial charge in [-0.3, -0.25) is 19.9 Å². The smallest absolute Gasteiger partial charge is 0.696 e. The van der Waals surface area contributed by atoms with Gasteiger partial charge >= 0.3 is 16.8 Å². The van der Waals surface area contributed by atoms with E-state index in [9.17, 15) is 0 Å². The zero-order valence-corrected chi connectivity index (χ0v) is 34.7. The molecule has 9 heteroatoms. The predicted octanol–water partition coefficient (Wildman–Crippen LogP) is 12.0. The van der Waals surface area contributed by atoms with Crippen LogP contribution in [0.5, 0.6) is 0 Å². The van der Waals surface area contributed by atoms with Crippen molar-refractivity contribution in [1.29, 1.82) is 10.5 Å². The maximum Gasteiger partial charge on any atom is 2.00 e. The largest absolute Gasteiger partial charge is 2.00 e. The molecule has 0 unspecified atom stereocenters. The second kappa shape index (κ2) is 37.8. The molecular weight excluding hydrogens is 712 g/mol. The first-order chi connectivity index (χ1) is 24.4. The van der Waals surface area contributed by atoms with Gasteiger partial charge in [-0.05, 0) is 146 Å². The van der Waals surface area contributed by atoms with Gasteiger partial charge in [0.15, 0.2) is 0 Å². The maximum absolute atomic E-state index is 7.13. The van der Waals surface area contributed by atoms with E-state index >= 15 is 0 Å². The Hall–Kier alpha value is -3.47. The Labute approximate surface area is 332 Å². The van der Waals surface area contributed by atoms with Gasteiger partial charge in [-0.1, -0.05) is 66.2 Å². The number of thiocyanates is 2. The molecule has 0 aliphatic rings. The van der Waals surface area contributed by atoms with Gasteiger partial charge < -0.3 is 25.3 Å². The fourth-order valence-electron chi connectivity index (χ4n) is 5.58. The van der Waals surface area contributed by atoms with Crippen molar-refractivity contribution in [2.75, 3.05) is 0 Å². The number of hydrogen-bond donors (Lipinski definition) is 0. The first kappa shape index (κ1) is 51.9. The van der Waals surface area contributed by atoms with E-state index in [-0.39, 0.29) is 16.8 Å². The van der Waals surface area contributed by atoms with Gasteiger partial charge in [-0.25, -0.2) is 10.5 Å². The summed E-state index contributed by atoms with van der Waals surface area (Å²) in [5.41, 5.74) is 5.69. The van der Waals surface area contributed by atoms with Crippen molar-refractivity contribution in [3.63, 3.8) is 0 Å². The molecule has 0 fully saturated rings. The van der Waals surface area contributed by atoms with Gasteiger partial charge in [0.25, 0.3) is 0 Å². The molecule has 0 saturated heterocycles. The summed E-state index contributed by atoms with van der Waals surface area (Å²) in [6.07, 6.45) is 24.7. The molecule has 0 bridgehead atoms. The molecule has 6 nitrogen and oxygen atoms in total. The molecule has 1 radical (unpaired) electrons. The zero-order chi connectivity index (χ0) is 37.8. The molecule has 4 rings (SSSR count). The standard InChI is InChI=1S/4C10H15N.2CHNS.Co/c4*1-3-9(4-2)10-5-7-11-8-6-10;2*2-1-3;/h4*5-9H,3-4H2,1-2H3;2*3H;/q;;;;;;+2/p-2. The summed E-state index contributed by atoms with van der Waals surface area (Å²) in [5, 5.41) is 16.9. The summed E-state index contributed by atoms with van der Waals surface area (Å²) in [6, 6.07) is 16.9. The van der Waals surface area contributed by atoms with Gasteiger partial charge in [0.05, 0.1) is 0 Å². The molecule has 0 aliphatic carbocycles. The van der Waals surface area contributed by atoms with E-state index < -0.39 is 0 Å². The molecule has 4 heterocycles. The maximum atomic E-state index is 7.13. The summed E-state index contributed by atoms with van der Waals surface area (Å²) in [6.45, 7) is 17.8. The number of nitrogens with zero attached hydrogens (tertiary/aromatic N) is 6. The van der Waals surface area contributed by atoms with Gasteiger partial charge in [-0.2, -0.15) is 0 Å². The molecule has 0 spiro atoms. The molecule has 0 atom stereocenters. The monoisotopic (exact) mass is 771 g/mol. The molecule has 51 heavy (non-hydrogen) atoms. The molecule has 279 valence electrons. The van der Waals surface area contributed by atoms with Crippen LogP contribution >= 0.6 is 0 Å². The Morgan fingerprint density at radius 3 is 0.608 bits per heavy atom. The summed E-state index contributed by atoms with van der Waals surface area (Å²) in [4.78, 5) is 16.0. The van der Waals surface area contributed by atoms with E-state index in [2.05, 4.69) is 149 Å². The number of rotatable bonds is 12. The van der Waals surface area contributed by atoms with E-state index in [1.54, 1.807) is 0 Å². The predicted molar refractivity (Wildman–Crippen MR) is 216 cm³/mol. The number of hydrogen-bond acceptors (Lipinski definition) is 8. The van der Waals surface area contributed by atoms with Crippen molar-refractivity contribution in [1.82, 2.24) is 19.9 Å². The Morgan fingerprint density at radius 2 is 0.510 bits per heavy atom. The van der Waals surface area contributed by atoms with Gasteiger partial charge in [-0.15, -0.1) is 0 Å². The molecule has 0 saturated carbocycles. The van der Waals surface area contributed by atoms with E-state index in [1.165, 1.54) is 84.4 Å². The van der Waals surface area contributed by atoms with Crippen LogP contribution in [-0.4, -0.2) is 19.9 Å². The van der Waals surface area contributed by atoms with Crippen LogP contribution in [0.15, 0.2) is 98.1 Å². The van der Waals surface area contributed by atoms with Crippen molar-refractivity contribution < 1.29 is 16.8 Å². The first-order valence-electron chi connectivity index (χ1n) is 18.0. The Morgan fingerprint density at radius 1 is 0.392 bits per heavy atom.